The van der Waals surface area contributed by atoms with Crippen LogP contribution in [0.2, 0.25) is 0 Å². The molecule has 0 aliphatic rings. The Kier molecular flexibility index (Phi) is 3.24. The van der Waals surface area contributed by atoms with Crippen LogP contribution in [0.1, 0.15) is 10.5 Å². The Morgan fingerprint density at radius 1 is 0.950 bits per heavy atom. The lowest BCUT2D eigenvalue weighted by molar-refractivity contribution is 0.0957. The second-order valence-electron chi connectivity index (χ2n) is 4.18. The maximum absolute atomic E-state index is 11.8. The first-order valence-corrected chi connectivity index (χ1v) is 6.16. The third kappa shape index (κ3) is 2.56. The number of fused-ring (bicyclic) bond motifs is 1. The highest BCUT2D eigenvalue weighted by Gasteiger charge is 2.05. The summed E-state index contributed by atoms with van der Waals surface area (Å²) in [6, 6.07) is 16.7. The van der Waals surface area contributed by atoms with Gasteiger partial charge in [-0.2, -0.15) is 0 Å². The van der Waals surface area contributed by atoms with E-state index < -0.39 is 0 Å². The molecule has 0 aliphatic heterocycles. The minimum absolute atomic E-state index is 0.305. The van der Waals surface area contributed by atoms with Gasteiger partial charge in [-0.05, 0) is 30.3 Å². The molecule has 1 aromatic carbocycles. The summed E-state index contributed by atoms with van der Waals surface area (Å²) in [5, 5.41) is 1.05. The molecule has 0 atom stereocenters. The summed E-state index contributed by atoms with van der Waals surface area (Å²) in [5.41, 5.74) is 6.56. The molecular formula is C15H12N4O. The molecule has 0 spiro atoms. The van der Waals surface area contributed by atoms with E-state index in [1.807, 2.05) is 30.3 Å². The average molecular weight is 264 g/mol. The molecule has 98 valence electrons. The maximum atomic E-state index is 11.8. The van der Waals surface area contributed by atoms with Gasteiger partial charge in [0.2, 0.25) is 0 Å². The number of hydrazine groups is 1. The van der Waals surface area contributed by atoms with Crippen molar-refractivity contribution < 1.29 is 4.79 Å². The molecule has 0 unspecified atom stereocenters. The number of amides is 1. The molecule has 1 amide bonds. The van der Waals surface area contributed by atoms with Crippen molar-refractivity contribution in [3.8, 4) is 0 Å². The zero-order chi connectivity index (χ0) is 13.8. The molecule has 5 nitrogen and oxygen atoms in total. The fourth-order valence-electron chi connectivity index (χ4n) is 1.82. The fraction of sp³-hybridized carbons (Fsp3) is 0. The Hall–Kier alpha value is -2.95. The van der Waals surface area contributed by atoms with Crippen LogP contribution >= 0.6 is 0 Å². The summed E-state index contributed by atoms with van der Waals surface area (Å²) in [6.07, 6.45) is 1.57. The summed E-state index contributed by atoms with van der Waals surface area (Å²) < 4.78 is 0. The van der Waals surface area contributed by atoms with Crippen molar-refractivity contribution in [2.45, 2.75) is 0 Å². The third-order valence-electron chi connectivity index (χ3n) is 2.80. The van der Waals surface area contributed by atoms with Gasteiger partial charge < -0.3 is 0 Å². The van der Waals surface area contributed by atoms with Gasteiger partial charge >= 0.3 is 0 Å². The first-order chi connectivity index (χ1) is 9.83. The molecule has 0 fully saturated rings. The normalized spacial score (nSPS) is 10.2. The third-order valence-corrected chi connectivity index (χ3v) is 2.80. The molecule has 0 aliphatic carbocycles. The van der Waals surface area contributed by atoms with Crippen LogP contribution in [0.5, 0.6) is 0 Å². The topological polar surface area (TPSA) is 66.9 Å². The number of nitrogens with zero attached hydrogens (tertiary/aromatic N) is 2. The van der Waals surface area contributed by atoms with Crippen molar-refractivity contribution in [2.75, 3.05) is 5.43 Å². The zero-order valence-corrected chi connectivity index (χ0v) is 10.6. The monoisotopic (exact) mass is 264 g/mol. The Morgan fingerprint density at radius 3 is 2.65 bits per heavy atom. The second-order valence-corrected chi connectivity index (χ2v) is 4.18. The molecule has 0 saturated carbocycles. The summed E-state index contributed by atoms with van der Waals surface area (Å²) >= 11 is 0. The predicted molar refractivity (Wildman–Crippen MR) is 77.1 cm³/mol. The SMILES string of the molecule is O=C(NNc1ccc2ccccc2n1)c1ccccn1. The van der Waals surface area contributed by atoms with Crippen LogP contribution in [-0.2, 0) is 0 Å². The number of carbonyl (C=O) groups is 1. The molecule has 3 aromatic rings. The van der Waals surface area contributed by atoms with Crippen LogP contribution in [-0.4, -0.2) is 15.9 Å². The van der Waals surface area contributed by atoms with Gasteiger partial charge in [-0.1, -0.05) is 24.3 Å². The number of carbonyl (C=O) groups excluding carboxylic acids is 1. The Bertz CT molecular complexity index is 743. The van der Waals surface area contributed by atoms with Crippen LogP contribution < -0.4 is 10.9 Å². The number of rotatable bonds is 3. The van der Waals surface area contributed by atoms with Crippen molar-refractivity contribution in [1.82, 2.24) is 15.4 Å². The molecule has 2 N–H and O–H groups in total. The summed E-state index contributed by atoms with van der Waals surface area (Å²) in [4.78, 5) is 20.2. The molecule has 0 saturated heterocycles. The van der Waals surface area contributed by atoms with Crippen LogP contribution in [0.15, 0.2) is 60.8 Å². The maximum Gasteiger partial charge on any atom is 0.288 e. The first kappa shape index (κ1) is 12.1. The van der Waals surface area contributed by atoms with E-state index in [0.29, 0.717) is 11.5 Å². The predicted octanol–water partition coefficient (Wildman–Crippen LogP) is 2.39. The Morgan fingerprint density at radius 2 is 1.80 bits per heavy atom. The standard InChI is InChI=1S/C15H12N4O/c20-15(13-7-3-4-10-16-13)19-18-14-9-8-11-5-1-2-6-12(11)17-14/h1-10H,(H,17,18)(H,19,20). The number of para-hydroxylation sites is 1. The smallest absolute Gasteiger partial charge is 0.282 e. The number of anilines is 1. The van der Waals surface area contributed by atoms with Crippen molar-refractivity contribution in [3.05, 3.63) is 66.5 Å². The van der Waals surface area contributed by atoms with Gasteiger partial charge in [0.15, 0.2) is 0 Å². The van der Waals surface area contributed by atoms with E-state index in [-0.39, 0.29) is 5.91 Å². The van der Waals surface area contributed by atoms with Crippen LogP contribution in [0.25, 0.3) is 10.9 Å². The summed E-state index contributed by atoms with van der Waals surface area (Å²) in [7, 11) is 0. The highest BCUT2D eigenvalue weighted by Crippen LogP contribution is 2.13. The highest BCUT2D eigenvalue weighted by molar-refractivity contribution is 5.93. The lowest BCUT2D eigenvalue weighted by Crippen LogP contribution is -2.30. The van der Waals surface area contributed by atoms with Crippen molar-refractivity contribution in [2.24, 2.45) is 0 Å². The van der Waals surface area contributed by atoms with E-state index >= 15 is 0 Å². The first-order valence-electron chi connectivity index (χ1n) is 6.16. The molecule has 3 rings (SSSR count). The number of aromatic nitrogens is 2. The second kappa shape index (κ2) is 5.36. The van der Waals surface area contributed by atoms with Crippen LogP contribution in [0, 0.1) is 0 Å². The Labute approximate surface area is 115 Å². The molecule has 20 heavy (non-hydrogen) atoms. The minimum atomic E-state index is -0.305. The van der Waals surface area contributed by atoms with Gasteiger partial charge in [-0.3, -0.25) is 20.6 Å². The molecule has 2 heterocycles. The number of nitrogens with one attached hydrogen (secondary N) is 2. The molecule has 0 radical (unpaired) electrons. The fourth-order valence-corrected chi connectivity index (χ4v) is 1.82. The summed E-state index contributed by atoms with van der Waals surface area (Å²) in [6.45, 7) is 0. The van der Waals surface area contributed by atoms with Crippen LogP contribution in [0.3, 0.4) is 0 Å². The zero-order valence-electron chi connectivity index (χ0n) is 10.6. The summed E-state index contributed by atoms with van der Waals surface area (Å²) in [5.74, 6) is 0.272. The number of benzene rings is 1. The van der Waals surface area contributed by atoms with E-state index in [2.05, 4.69) is 20.8 Å². The van der Waals surface area contributed by atoms with Crippen molar-refractivity contribution >= 4 is 22.6 Å². The molecule has 2 aromatic heterocycles. The Balaban J connectivity index is 1.72. The largest absolute Gasteiger partial charge is 0.288 e. The molecule has 5 heteroatoms. The lowest BCUT2D eigenvalue weighted by atomic mass is 10.2. The number of hydrogen-bond acceptors (Lipinski definition) is 4. The van der Waals surface area contributed by atoms with Gasteiger partial charge in [0.25, 0.3) is 5.91 Å². The quantitative estimate of drug-likeness (QED) is 0.713. The van der Waals surface area contributed by atoms with Gasteiger partial charge in [0.1, 0.15) is 11.5 Å². The molecule has 0 bridgehead atoms. The molecular weight excluding hydrogens is 252 g/mol. The van der Waals surface area contributed by atoms with E-state index in [1.54, 1.807) is 30.5 Å². The van der Waals surface area contributed by atoms with Gasteiger partial charge in [-0.15, -0.1) is 0 Å². The number of pyridine rings is 2. The highest BCUT2D eigenvalue weighted by atomic mass is 16.2. The van der Waals surface area contributed by atoms with Crippen molar-refractivity contribution in [1.29, 1.82) is 0 Å². The van der Waals surface area contributed by atoms with Gasteiger partial charge in [-0.25, -0.2) is 4.98 Å². The minimum Gasteiger partial charge on any atom is -0.282 e. The number of hydrogen-bond donors (Lipinski definition) is 2. The van der Waals surface area contributed by atoms with E-state index in [0.717, 1.165) is 10.9 Å². The van der Waals surface area contributed by atoms with Gasteiger partial charge in [0, 0.05) is 11.6 Å². The van der Waals surface area contributed by atoms with Gasteiger partial charge in [0.05, 0.1) is 5.52 Å². The van der Waals surface area contributed by atoms with E-state index in [9.17, 15) is 4.79 Å². The van der Waals surface area contributed by atoms with E-state index in [4.69, 9.17) is 0 Å². The van der Waals surface area contributed by atoms with E-state index in [1.165, 1.54) is 0 Å². The van der Waals surface area contributed by atoms with Crippen LogP contribution in [0.4, 0.5) is 5.82 Å². The van der Waals surface area contributed by atoms with Crippen molar-refractivity contribution in [3.63, 3.8) is 0 Å². The average Bonchev–Trinajstić information content (AvgIpc) is 2.53. The lowest BCUT2D eigenvalue weighted by Gasteiger charge is -2.08.